The first kappa shape index (κ1) is 30.7. The topological polar surface area (TPSA) is 182 Å². The molecule has 2 N–H and O–H groups in total. The number of rotatable bonds is 10. The Morgan fingerprint density at radius 2 is 1.34 bits per heavy atom. The van der Waals surface area contributed by atoms with Crippen molar-refractivity contribution in [3.8, 4) is 0 Å². The molecule has 0 aromatic carbocycles. The third-order valence-electron chi connectivity index (χ3n) is 5.02. The molecule has 0 radical (unpaired) electrons. The molecule has 14 heteroatoms. The fourth-order valence-electron chi connectivity index (χ4n) is 3.13. The highest BCUT2D eigenvalue weighted by atomic mass is 16.8. The van der Waals surface area contributed by atoms with Crippen LogP contribution in [0.4, 0.5) is 9.59 Å². The Kier molecular flexibility index (Phi) is 10.8. The molecular formula is C27H36N2O12. The number of H-pyrrole nitrogens is 2. The fourth-order valence-corrected chi connectivity index (χ4v) is 3.13. The molecule has 4 rings (SSSR count). The maximum atomic E-state index is 12.1. The van der Waals surface area contributed by atoms with Crippen LogP contribution in [0.1, 0.15) is 64.9 Å². The average molecular weight is 581 g/mol. The van der Waals surface area contributed by atoms with Crippen molar-refractivity contribution in [2.45, 2.75) is 53.4 Å². The van der Waals surface area contributed by atoms with Crippen molar-refractivity contribution < 1.29 is 59.3 Å². The highest BCUT2D eigenvalue weighted by molar-refractivity contribution is 5.93. The van der Waals surface area contributed by atoms with Crippen LogP contribution in [-0.2, 0) is 28.4 Å². The van der Waals surface area contributed by atoms with E-state index in [2.05, 4.69) is 14.7 Å². The molecular weight excluding hydrogens is 544 g/mol. The summed E-state index contributed by atoms with van der Waals surface area (Å²) in [6.45, 7) is 8.52. The van der Waals surface area contributed by atoms with E-state index >= 15 is 0 Å². The quantitative estimate of drug-likeness (QED) is 0.120. The summed E-state index contributed by atoms with van der Waals surface area (Å²) in [6, 6.07) is 6.42. The van der Waals surface area contributed by atoms with Gasteiger partial charge in [0.25, 0.3) is 6.29 Å². The lowest BCUT2D eigenvalue weighted by molar-refractivity contribution is -0.114. The molecule has 0 amide bonds. The van der Waals surface area contributed by atoms with E-state index in [1.807, 2.05) is 6.92 Å². The van der Waals surface area contributed by atoms with E-state index in [1.165, 1.54) is 24.7 Å². The molecule has 4 aromatic heterocycles. The zero-order valence-electron chi connectivity index (χ0n) is 23.2. The van der Waals surface area contributed by atoms with Crippen molar-refractivity contribution in [1.29, 1.82) is 0 Å². The number of ether oxygens (including phenoxy) is 6. The standard InChI is InChI=1S/C15H19NO6.C12H13NO6.2H2/c1-4-6-20-15(18)22-14(9(2)3)21-13(17)11-8-12-10(16-11)5-7-19-12;1-7(2)19-12(15)18-6-17-11(14)9-5-10-8(13-9)3-4-16-10;;/h5,7-9,14,16H,4,6H2,1-3H3;3-5,7,13H,6H2,1-2H3;2*1H. The van der Waals surface area contributed by atoms with Crippen LogP contribution in [0.3, 0.4) is 0 Å². The molecule has 0 aliphatic heterocycles. The van der Waals surface area contributed by atoms with Gasteiger partial charge in [0.1, 0.15) is 11.4 Å². The van der Waals surface area contributed by atoms with Crippen molar-refractivity contribution in [3.63, 3.8) is 0 Å². The molecule has 0 aliphatic carbocycles. The van der Waals surface area contributed by atoms with Gasteiger partial charge in [-0.2, -0.15) is 0 Å². The van der Waals surface area contributed by atoms with Crippen molar-refractivity contribution in [2.75, 3.05) is 13.4 Å². The molecule has 0 bridgehead atoms. The molecule has 0 aliphatic rings. The predicted octanol–water partition coefficient (Wildman–Crippen LogP) is 6.39. The Morgan fingerprint density at radius 3 is 1.85 bits per heavy atom. The van der Waals surface area contributed by atoms with Gasteiger partial charge in [-0.3, -0.25) is 0 Å². The number of carbonyl (C=O) groups excluding carboxylic acids is 4. The lowest BCUT2D eigenvalue weighted by Crippen LogP contribution is -2.30. The number of carbonyl (C=O) groups is 4. The maximum Gasteiger partial charge on any atom is 0.511 e. The lowest BCUT2D eigenvalue weighted by Gasteiger charge is -2.20. The first-order valence-corrected chi connectivity index (χ1v) is 12.7. The number of aromatic nitrogens is 2. The van der Waals surface area contributed by atoms with Crippen LogP contribution in [0.15, 0.2) is 45.6 Å². The van der Waals surface area contributed by atoms with Crippen molar-refractivity contribution in [3.05, 3.63) is 48.2 Å². The van der Waals surface area contributed by atoms with Gasteiger partial charge in [-0.15, -0.1) is 0 Å². The van der Waals surface area contributed by atoms with Crippen LogP contribution in [0.2, 0.25) is 0 Å². The summed E-state index contributed by atoms with van der Waals surface area (Å²) < 4.78 is 39.3. The van der Waals surface area contributed by atoms with Gasteiger partial charge in [0.05, 0.1) is 36.3 Å². The third kappa shape index (κ3) is 9.08. The summed E-state index contributed by atoms with van der Waals surface area (Å²) in [6.07, 6.45) is 0.644. The molecule has 0 spiro atoms. The van der Waals surface area contributed by atoms with Gasteiger partial charge in [-0.05, 0) is 20.3 Å². The van der Waals surface area contributed by atoms with Crippen molar-refractivity contribution >= 4 is 46.4 Å². The Labute approximate surface area is 237 Å². The van der Waals surface area contributed by atoms with Gasteiger partial charge in [0.15, 0.2) is 11.2 Å². The zero-order chi connectivity index (χ0) is 29.9. The first-order valence-electron chi connectivity index (χ1n) is 12.7. The van der Waals surface area contributed by atoms with Gasteiger partial charge in [-0.25, -0.2) is 19.2 Å². The van der Waals surface area contributed by atoms with Crippen LogP contribution in [0, 0.1) is 5.92 Å². The van der Waals surface area contributed by atoms with Crippen LogP contribution >= 0.6 is 0 Å². The van der Waals surface area contributed by atoms with Crippen LogP contribution < -0.4 is 0 Å². The number of esters is 2. The molecule has 0 fully saturated rings. The average Bonchev–Trinajstić information content (AvgIpc) is 3.68. The maximum absolute atomic E-state index is 12.1. The summed E-state index contributed by atoms with van der Waals surface area (Å²) in [4.78, 5) is 51.8. The summed E-state index contributed by atoms with van der Waals surface area (Å²) >= 11 is 0. The lowest BCUT2D eigenvalue weighted by atomic mass is 10.2. The Hall–Kier alpha value is -4.88. The van der Waals surface area contributed by atoms with Crippen molar-refractivity contribution in [1.82, 2.24) is 9.97 Å². The highest BCUT2D eigenvalue weighted by Crippen LogP contribution is 2.19. The molecule has 0 saturated carbocycles. The summed E-state index contributed by atoms with van der Waals surface area (Å²) in [7, 11) is 0. The molecule has 1 unspecified atom stereocenters. The second-order valence-corrected chi connectivity index (χ2v) is 9.11. The predicted molar refractivity (Wildman–Crippen MR) is 145 cm³/mol. The van der Waals surface area contributed by atoms with E-state index in [0.717, 1.165) is 0 Å². The van der Waals surface area contributed by atoms with Gasteiger partial charge >= 0.3 is 24.2 Å². The van der Waals surface area contributed by atoms with Crippen LogP contribution in [-0.4, -0.2) is 60.0 Å². The van der Waals surface area contributed by atoms with Gasteiger partial charge in [0.2, 0.25) is 6.79 Å². The van der Waals surface area contributed by atoms with Gasteiger partial charge in [-0.1, -0.05) is 20.8 Å². The van der Waals surface area contributed by atoms with E-state index < -0.39 is 37.3 Å². The van der Waals surface area contributed by atoms with Gasteiger partial charge < -0.3 is 47.2 Å². The number of hydrogen-bond donors (Lipinski definition) is 2. The van der Waals surface area contributed by atoms with E-state index in [1.54, 1.807) is 39.8 Å². The number of furan rings is 2. The van der Waals surface area contributed by atoms with Crippen LogP contribution in [0.5, 0.6) is 0 Å². The monoisotopic (exact) mass is 580 g/mol. The normalized spacial score (nSPS) is 11.6. The third-order valence-corrected chi connectivity index (χ3v) is 5.02. The first-order chi connectivity index (χ1) is 19.6. The number of hydrogen-bond acceptors (Lipinski definition) is 12. The highest BCUT2D eigenvalue weighted by Gasteiger charge is 2.25. The Morgan fingerprint density at radius 1 is 0.780 bits per heavy atom. The smallest absolute Gasteiger partial charge is 0.463 e. The molecule has 226 valence electrons. The molecule has 4 aromatic rings. The Balaban J connectivity index is 0.000000415. The SMILES string of the molecule is CC(C)OC(=O)OCOC(=O)c1cc2occc2[nH]1.CCCOC(=O)OC(OC(=O)c1cc2occc2[nH]1)C(C)C.[HH].[HH]. The minimum atomic E-state index is -1.02. The minimum absolute atomic E-state index is 0. The molecule has 14 nitrogen and oxygen atoms in total. The fraction of sp³-hybridized carbons (Fsp3) is 0.407. The zero-order valence-corrected chi connectivity index (χ0v) is 23.2. The molecule has 41 heavy (non-hydrogen) atoms. The van der Waals surface area contributed by atoms with Gasteiger partial charge in [0, 0.05) is 33.0 Å². The van der Waals surface area contributed by atoms with E-state index in [-0.39, 0.29) is 32.9 Å². The van der Waals surface area contributed by atoms with E-state index in [0.29, 0.717) is 28.6 Å². The second-order valence-electron chi connectivity index (χ2n) is 9.11. The molecule has 4 heterocycles. The largest absolute Gasteiger partial charge is 0.511 e. The van der Waals surface area contributed by atoms with Crippen LogP contribution in [0.25, 0.3) is 22.2 Å². The van der Waals surface area contributed by atoms with E-state index in [4.69, 9.17) is 32.5 Å². The molecule has 0 saturated heterocycles. The summed E-state index contributed by atoms with van der Waals surface area (Å²) in [5, 5.41) is 0. The number of fused-ring (bicyclic) bond motifs is 2. The molecule has 1 atom stereocenters. The second kappa shape index (κ2) is 14.5. The number of aromatic amines is 2. The summed E-state index contributed by atoms with van der Waals surface area (Å²) in [5.41, 5.74) is 2.92. The Bertz CT molecular complexity index is 1400. The number of nitrogens with one attached hydrogen (secondary N) is 2. The summed E-state index contributed by atoms with van der Waals surface area (Å²) in [5.74, 6) is -1.49. The van der Waals surface area contributed by atoms with Crippen molar-refractivity contribution in [2.24, 2.45) is 5.92 Å². The van der Waals surface area contributed by atoms with E-state index in [9.17, 15) is 19.2 Å². The minimum Gasteiger partial charge on any atom is -0.463 e.